The van der Waals surface area contributed by atoms with Gasteiger partial charge in [-0.1, -0.05) is 29.8 Å². The maximum Gasteiger partial charge on any atom is 0.338 e. The van der Waals surface area contributed by atoms with Crippen LogP contribution in [0.5, 0.6) is 0 Å². The number of rotatable bonds is 6. The molecule has 1 atom stereocenters. The molecular formula is C20H20N2O4S. The molecule has 0 aliphatic carbocycles. The number of nitrogens with zero attached hydrogens (tertiary/aromatic N) is 1. The van der Waals surface area contributed by atoms with Crippen molar-refractivity contribution in [3.63, 3.8) is 0 Å². The Morgan fingerprint density at radius 2 is 1.78 bits per heavy atom. The largest absolute Gasteiger partial charge is 0.462 e. The third-order valence-corrected chi connectivity index (χ3v) is 5.06. The summed E-state index contributed by atoms with van der Waals surface area (Å²) < 4.78 is 4.94. The number of aryl methyl sites for hydroxylation is 1. The third kappa shape index (κ3) is 4.49. The number of carbonyl (C=O) groups is 3. The average molecular weight is 384 g/mol. The predicted molar refractivity (Wildman–Crippen MR) is 105 cm³/mol. The van der Waals surface area contributed by atoms with Crippen LogP contribution in [0.2, 0.25) is 0 Å². The number of ether oxygens (including phenoxy) is 1. The summed E-state index contributed by atoms with van der Waals surface area (Å²) >= 11 is 0.952. The van der Waals surface area contributed by atoms with E-state index in [0.717, 1.165) is 22.9 Å². The van der Waals surface area contributed by atoms with Gasteiger partial charge < -0.3 is 10.1 Å². The summed E-state index contributed by atoms with van der Waals surface area (Å²) in [6.07, 6.45) is 0. The molecule has 1 saturated heterocycles. The number of hydrogen-bond acceptors (Lipinski definition) is 6. The van der Waals surface area contributed by atoms with E-state index in [4.69, 9.17) is 4.74 Å². The van der Waals surface area contributed by atoms with Gasteiger partial charge in [-0.2, -0.15) is 0 Å². The van der Waals surface area contributed by atoms with E-state index in [1.807, 2.05) is 31.2 Å². The Morgan fingerprint density at radius 1 is 1.11 bits per heavy atom. The highest BCUT2D eigenvalue weighted by Crippen LogP contribution is 2.29. The van der Waals surface area contributed by atoms with Gasteiger partial charge in [0.1, 0.15) is 0 Å². The molecule has 27 heavy (non-hydrogen) atoms. The molecule has 1 fully saturated rings. The highest BCUT2D eigenvalue weighted by Gasteiger charge is 2.39. The van der Waals surface area contributed by atoms with Crippen molar-refractivity contribution >= 4 is 34.6 Å². The van der Waals surface area contributed by atoms with Gasteiger partial charge in [-0.05, 0) is 55.4 Å². The molecule has 1 heterocycles. The number of anilines is 1. The summed E-state index contributed by atoms with van der Waals surface area (Å²) in [5.74, 6) is -0.671. The lowest BCUT2D eigenvalue weighted by atomic mass is 10.1. The molecule has 0 spiro atoms. The van der Waals surface area contributed by atoms with Crippen LogP contribution >= 0.6 is 11.8 Å². The van der Waals surface area contributed by atoms with E-state index in [-0.39, 0.29) is 17.7 Å². The van der Waals surface area contributed by atoms with Gasteiger partial charge in [-0.3, -0.25) is 14.5 Å². The van der Waals surface area contributed by atoms with Crippen LogP contribution in [-0.4, -0.2) is 34.0 Å². The van der Waals surface area contributed by atoms with E-state index in [2.05, 4.69) is 5.32 Å². The van der Waals surface area contributed by atoms with E-state index < -0.39 is 11.3 Å². The summed E-state index contributed by atoms with van der Waals surface area (Å²) in [7, 11) is 0. The Morgan fingerprint density at radius 3 is 2.41 bits per heavy atom. The van der Waals surface area contributed by atoms with Gasteiger partial charge in [0.15, 0.2) is 5.37 Å². The lowest BCUT2D eigenvalue weighted by Gasteiger charge is -2.15. The van der Waals surface area contributed by atoms with Crippen LogP contribution in [0, 0.1) is 6.92 Å². The van der Waals surface area contributed by atoms with Gasteiger partial charge in [-0.25, -0.2) is 4.79 Å². The Balaban J connectivity index is 1.64. The number of esters is 1. The van der Waals surface area contributed by atoms with Crippen molar-refractivity contribution in [2.75, 3.05) is 11.9 Å². The molecular weight excluding hydrogens is 364 g/mol. The Hall–Kier alpha value is -2.80. The van der Waals surface area contributed by atoms with Gasteiger partial charge in [-0.15, -0.1) is 0 Å². The van der Waals surface area contributed by atoms with E-state index >= 15 is 0 Å². The zero-order valence-corrected chi connectivity index (χ0v) is 15.9. The fourth-order valence-corrected chi connectivity index (χ4v) is 3.53. The van der Waals surface area contributed by atoms with Crippen LogP contribution in [0.3, 0.4) is 0 Å². The summed E-state index contributed by atoms with van der Waals surface area (Å²) in [6.45, 7) is 4.30. The fourth-order valence-electron chi connectivity index (χ4n) is 2.62. The third-order valence-electron chi connectivity index (χ3n) is 4.08. The number of nitrogens with one attached hydrogen (secondary N) is 1. The zero-order valence-electron chi connectivity index (χ0n) is 15.1. The second-order valence-corrected chi connectivity index (χ2v) is 7.17. The average Bonchev–Trinajstić information content (AvgIpc) is 2.91. The lowest BCUT2D eigenvalue weighted by Crippen LogP contribution is -2.33. The monoisotopic (exact) mass is 384 g/mol. The molecule has 2 aromatic carbocycles. The van der Waals surface area contributed by atoms with Gasteiger partial charge in [0.25, 0.3) is 11.1 Å². The van der Waals surface area contributed by atoms with Crippen LogP contribution in [0.25, 0.3) is 0 Å². The first-order chi connectivity index (χ1) is 13.0. The van der Waals surface area contributed by atoms with Crippen molar-refractivity contribution in [2.45, 2.75) is 25.8 Å². The van der Waals surface area contributed by atoms with Gasteiger partial charge in [0.05, 0.1) is 18.7 Å². The maximum absolute atomic E-state index is 12.6. The highest BCUT2D eigenvalue weighted by atomic mass is 32.2. The summed E-state index contributed by atoms with van der Waals surface area (Å²) in [5, 5.41) is 2.08. The lowest BCUT2D eigenvalue weighted by molar-refractivity contribution is -0.126. The van der Waals surface area contributed by atoms with E-state index in [1.54, 1.807) is 31.2 Å². The molecule has 1 N–H and O–H groups in total. The van der Waals surface area contributed by atoms with Crippen molar-refractivity contribution in [3.8, 4) is 0 Å². The summed E-state index contributed by atoms with van der Waals surface area (Å²) in [4.78, 5) is 37.8. The number of hydrogen-bond donors (Lipinski definition) is 1. The fraction of sp³-hybridized carbons (Fsp3) is 0.250. The molecule has 0 aromatic heterocycles. The van der Waals surface area contributed by atoms with Crippen molar-refractivity contribution in [1.82, 2.24) is 4.90 Å². The molecule has 0 bridgehead atoms. The quantitative estimate of drug-likeness (QED) is 0.764. The maximum atomic E-state index is 12.6. The second kappa shape index (κ2) is 8.26. The molecule has 1 unspecified atom stereocenters. The molecule has 1 aliphatic rings. The number of thioether (sulfide) groups is 1. The normalized spacial score (nSPS) is 16.5. The van der Waals surface area contributed by atoms with E-state index in [1.165, 1.54) is 4.90 Å². The Kier molecular flexibility index (Phi) is 5.81. The number of amides is 2. The molecule has 3 rings (SSSR count). The van der Waals surface area contributed by atoms with Crippen LogP contribution in [0.15, 0.2) is 48.5 Å². The number of imide groups is 1. The first kappa shape index (κ1) is 19.0. The molecule has 7 heteroatoms. The first-order valence-electron chi connectivity index (χ1n) is 8.59. The molecule has 2 aromatic rings. The Bertz CT molecular complexity index is 849. The standard InChI is InChI=1S/C20H20N2O4S/c1-3-26-19(24)15-8-10-16(11-9-15)21-17-18(23)22(20(25)27-17)12-14-6-4-13(2)5-7-14/h4-11,17,21H,3,12H2,1-2H3. The van der Waals surface area contributed by atoms with E-state index in [0.29, 0.717) is 17.9 Å². The summed E-state index contributed by atoms with van der Waals surface area (Å²) in [5.41, 5.74) is 3.11. The predicted octanol–water partition coefficient (Wildman–Crippen LogP) is 3.81. The second-order valence-electron chi connectivity index (χ2n) is 6.12. The van der Waals surface area contributed by atoms with Crippen LogP contribution in [-0.2, 0) is 16.1 Å². The smallest absolute Gasteiger partial charge is 0.338 e. The SMILES string of the molecule is CCOC(=O)c1ccc(NC2SC(=O)N(Cc3ccc(C)cc3)C2=O)cc1. The van der Waals surface area contributed by atoms with Crippen molar-refractivity contribution < 1.29 is 19.1 Å². The zero-order chi connectivity index (χ0) is 19.4. The minimum absolute atomic E-state index is 0.255. The Labute approximate surface area is 161 Å². The molecule has 1 aliphatic heterocycles. The molecule has 2 amide bonds. The van der Waals surface area contributed by atoms with Crippen LogP contribution in [0.4, 0.5) is 10.5 Å². The highest BCUT2D eigenvalue weighted by molar-refractivity contribution is 8.15. The minimum Gasteiger partial charge on any atom is -0.462 e. The van der Waals surface area contributed by atoms with E-state index in [9.17, 15) is 14.4 Å². The minimum atomic E-state index is -0.684. The number of carbonyl (C=O) groups excluding carboxylic acids is 3. The van der Waals surface area contributed by atoms with Crippen molar-refractivity contribution in [1.29, 1.82) is 0 Å². The van der Waals surface area contributed by atoms with Crippen LogP contribution < -0.4 is 5.32 Å². The first-order valence-corrected chi connectivity index (χ1v) is 9.47. The molecule has 6 nitrogen and oxygen atoms in total. The van der Waals surface area contributed by atoms with Gasteiger partial charge in [0, 0.05) is 5.69 Å². The topological polar surface area (TPSA) is 75.7 Å². The molecule has 140 valence electrons. The van der Waals surface area contributed by atoms with Crippen molar-refractivity contribution in [3.05, 3.63) is 65.2 Å². The van der Waals surface area contributed by atoms with Gasteiger partial charge in [0.2, 0.25) is 0 Å². The van der Waals surface area contributed by atoms with Gasteiger partial charge >= 0.3 is 5.97 Å². The van der Waals surface area contributed by atoms with Crippen molar-refractivity contribution in [2.24, 2.45) is 0 Å². The summed E-state index contributed by atoms with van der Waals surface area (Å²) in [6, 6.07) is 14.3. The molecule has 0 saturated carbocycles. The number of benzene rings is 2. The van der Waals surface area contributed by atoms with Crippen LogP contribution in [0.1, 0.15) is 28.4 Å². The molecule has 0 radical (unpaired) electrons.